The molecule has 0 aliphatic heterocycles. The second-order valence-electron chi connectivity index (χ2n) is 3.01. The highest BCUT2D eigenvalue weighted by Crippen LogP contribution is 2.16. The fraction of sp³-hybridized carbons (Fsp3) is 0.200. The van der Waals surface area contributed by atoms with Gasteiger partial charge in [-0.1, -0.05) is 12.1 Å². The van der Waals surface area contributed by atoms with E-state index in [1.807, 2.05) is 0 Å². The van der Waals surface area contributed by atoms with Crippen LogP contribution in [-0.2, 0) is 9.53 Å². The van der Waals surface area contributed by atoms with E-state index in [1.54, 1.807) is 12.1 Å². The molecule has 0 saturated carbocycles. The summed E-state index contributed by atoms with van der Waals surface area (Å²) in [5, 5.41) is 9.33. The van der Waals surface area contributed by atoms with E-state index in [9.17, 15) is 14.7 Å². The van der Waals surface area contributed by atoms with Crippen LogP contribution in [0.25, 0.3) is 0 Å². The maximum Gasteiger partial charge on any atom is 0.349 e. The summed E-state index contributed by atoms with van der Waals surface area (Å²) in [6.45, 7) is 0. The smallest absolute Gasteiger partial charge is 0.349 e. The molecule has 86 valence electrons. The third kappa shape index (κ3) is 2.98. The van der Waals surface area contributed by atoms with E-state index in [0.29, 0.717) is 0 Å². The number of thiol groups is 1. The van der Waals surface area contributed by atoms with E-state index in [1.165, 1.54) is 12.1 Å². The van der Waals surface area contributed by atoms with E-state index in [4.69, 9.17) is 5.73 Å². The number of carbonyl (C=O) groups is 2. The molecule has 1 aromatic carbocycles. The molecule has 0 heterocycles. The lowest BCUT2D eigenvalue weighted by atomic mass is 10.2. The van der Waals surface area contributed by atoms with Crippen LogP contribution in [0.5, 0.6) is 5.75 Å². The molecule has 1 aromatic rings. The normalized spacial score (nSPS) is 11.9. The Morgan fingerprint density at radius 1 is 1.44 bits per heavy atom. The molecule has 1 rings (SSSR count). The van der Waals surface area contributed by atoms with Crippen molar-refractivity contribution < 1.29 is 19.4 Å². The van der Waals surface area contributed by atoms with Gasteiger partial charge in [-0.25, -0.2) is 9.59 Å². The van der Waals surface area contributed by atoms with Crippen molar-refractivity contribution in [2.45, 2.75) is 6.04 Å². The Balaban J connectivity index is 2.74. The van der Waals surface area contributed by atoms with Crippen molar-refractivity contribution in [3.05, 3.63) is 29.8 Å². The molecule has 1 atom stereocenters. The van der Waals surface area contributed by atoms with Gasteiger partial charge in [-0.2, -0.15) is 12.6 Å². The molecule has 0 amide bonds. The predicted octanol–water partition coefficient (Wildman–Crippen LogP) is 0.333. The van der Waals surface area contributed by atoms with Crippen LogP contribution in [0.2, 0.25) is 0 Å². The molecule has 0 fully saturated rings. The van der Waals surface area contributed by atoms with Crippen LogP contribution in [0.3, 0.4) is 0 Å². The van der Waals surface area contributed by atoms with Gasteiger partial charge in [0.05, 0.1) is 0 Å². The van der Waals surface area contributed by atoms with Crippen LogP contribution in [0, 0.1) is 0 Å². The first-order valence-electron chi connectivity index (χ1n) is 4.46. The number of hydrogen-bond donors (Lipinski definition) is 3. The van der Waals surface area contributed by atoms with E-state index >= 15 is 0 Å². The number of hydrogen-bond acceptors (Lipinski definition) is 6. The Hall–Kier alpha value is -1.53. The van der Waals surface area contributed by atoms with Crippen molar-refractivity contribution in [1.82, 2.24) is 0 Å². The topological polar surface area (TPSA) is 89.6 Å². The summed E-state index contributed by atoms with van der Waals surface area (Å²) in [4.78, 5) is 22.6. The van der Waals surface area contributed by atoms with Crippen molar-refractivity contribution in [3.63, 3.8) is 0 Å². The number of benzene rings is 1. The van der Waals surface area contributed by atoms with Gasteiger partial charge in [0.1, 0.15) is 17.4 Å². The summed E-state index contributed by atoms with van der Waals surface area (Å²) >= 11 is 3.80. The second-order valence-corrected chi connectivity index (χ2v) is 3.38. The van der Waals surface area contributed by atoms with E-state index in [2.05, 4.69) is 17.4 Å². The molecule has 0 aliphatic carbocycles. The Morgan fingerprint density at radius 3 is 2.62 bits per heavy atom. The number of para-hydroxylation sites is 1. The zero-order valence-electron chi connectivity index (χ0n) is 8.29. The van der Waals surface area contributed by atoms with Gasteiger partial charge in [0.2, 0.25) is 0 Å². The van der Waals surface area contributed by atoms with Gasteiger partial charge in [-0.15, -0.1) is 0 Å². The highest BCUT2D eigenvalue weighted by atomic mass is 32.1. The summed E-state index contributed by atoms with van der Waals surface area (Å²) in [6.07, 6.45) is 0. The predicted molar refractivity (Wildman–Crippen MR) is 60.4 cm³/mol. The molecule has 0 aliphatic rings. The molecule has 0 saturated heterocycles. The molecule has 16 heavy (non-hydrogen) atoms. The Bertz CT molecular complexity index is 408. The van der Waals surface area contributed by atoms with Gasteiger partial charge in [-0.05, 0) is 12.1 Å². The van der Waals surface area contributed by atoms with Crippen molar-refractivity contribution >= 4 is 24.6 Å². The first-order valence-corrected chi connectivity index (χ1v) is 5.10. The van der Waals surface area contributed by atoms with Crippen molar-refractivity contribution in [3.8, 4) is 5.75 Å². The number of carbonyl (C=O) groups excluding carboxylic acids is 2. The third-order valence-electron chi connectivity index (χ3n) is 1.82. The molecule has 0 spiro atoms. The molecular formula is C10H11NO4S. The maximum atomic E-state index is 11.4. The van der Waals surface area contributed by atoms with Crippen LogP contribution >= 0.6 is 12.6 Å². The van der Waals surface area contributed by atoms with Gasteiger partial charge in [0.25, 0.3) is 0 Å². The van der Waals surface area contributed by atoms with Crippen LogP contribution in [0.4, 0.5) is 0 Å². The van der Waals surface area contributed by atoms with Crippen LogP contribution in [0.1, 0.15) is 10.4 Å². The average molecular weight is 241 g/mol. The molecule has 0 bridgehead atoms. The molecule has 0 radical (unpaired) electrons. The van der Waals surface area contributed by atoms with Crippen molar-refractivity contribution in [2.24, 2.45) is 5.73 Å². The lowest BCUT2D eigenvalue weighted by molar-refractivity contribution is -0.138. The minimum atomic E-state index is -0.960. The Labute approximate surface area is 97.6 Å². The first-order chi connectivity index (χ1) is 7.56. The van der Waals surface area contributed by atoms with Crippen LogP contribution in [0.15, 0.2) is 24.3 Å². The third-order valence-corrected chi connectivity index (χ3v) is 2.21. The molecular weight excluding hydrogens is 230 g/mol. The fourth-order valence-electron chi connectivity index (χ4n) is 0.943. The zero-order chi connectivity index (χ0) is 12.1. The summed E-state index contributed by atoms with van der Waals surface area (Å²) in [7, 11) is 0. The largest absolute Gasteiger partial charge is 0.507 e. The van der Waals surface area contributed by atoms with Gasteiger partial charge < -0.3 is 15.6 Å². The summed E-state index contributed by atoms with van der Waals surface area (Å²) in [5.41, 5.74) is 5.23. The van der Waals surface area contributed by atoms with Crippen LogP contribution < -0.4 is 5.73 Å². The number of rotatable bonds is 3. The number of ether oxygens (including phenoxy) is 1. The highest BCUT2D eigenvalue weighted by molar-refractivity contribution is 7.80. The lowest BCUT2D eigenvalue weighted by Gasteiger charge is -2.07. The zero-order valence-corrected chi connectivity index (χ0v) is 9.18. The summed E-state index contributed by atoms with van der Waals surface area (Å²) < 4.78 is 4.46. The molecule has 3 N–H and O–H groups in total. The van der Waals surface area contributed by atoms with Gasteiger partial charge >= 0.3 is 11.9 Å². The number of phenols is 1. The number of aromatic hydroxyl groups is 1. The number of esters is 2. The monoisotopic (exact) mass is 241 g/mol. The minimum Gasteiger partial charge on any atom is -0.507 e. The number of phenolic OH excluding ortho intramolecular Hbond substituents is 1. The maximum absolute atomic E-state index is 11.4. The molecule has 0 aromatic heterocycles. The SMILES string of the molecule is N[C@@H](CS)C(=O)OC(=O)c1ccccc1O. The summed E-state index contributed by atoms with van der Waals surface area (Å²) in [6, 6.07) is 4.79. The minimum absolute atomic E-state index is 0.0763. The number of nitrogens with two attached hydrogens (primary N) is 1. The summed E-state index contributed by atoms with van der Waals surface area (Å²) in [5.74, 6) is -1.98. The molecule has 0 unspecified atom stereocenters. The van der Waals surface area contributed by atoms with E-state index in [0.717, 1.165) is 0 Å². The average Bonchev–Trinajstić information content (AvgIpc) is 2.28. The van der Waals surface area contributed by atoms with Gasteiger partial charge in [-0.3, -0.25) is 0 Å². The standard InChI is InChI=1S/C10H11NO4S/c11-7(5-16)10(14)15-9(13)6-3-1-2-4-8(6)12/h1-4,7,12,16H,5,11H2/t7-/m0/s1. The van der Waals surface area contributed by atoms with Crippen molar-refractivity contribution in [2.75, 3.05) is 5.75 Å². The molecule has 6 heteroatoms. The Kier molecular flexibility index (Phi) is 4.33. The van der Waals surface area contributed by atoms with E-state index < -0.39 is 18.0 Å². The highest BCUT2D eigenvalue weighted by Gasteiger charge is 2.20. The van der Waals surface area contributed by atoms with Gasteiger partial charge in [0.15, 0.2) is 0 Å². The first kappa shape index (κ1) is 12.5. The Morgan fingerprint density at radius 2 is 2.06 bits per heavy atom. The van der Waals surface area contributed by atoms with E-state index in [-0.39, 0.29) is 17.1 Å². The van der Waals surface area contributed by atoms with Crippen LogP contribution in [-0.4, -0.2) is 28.8 Å². The molecule has 5 nitrogen and oxygen atoms in total. The lowest BCUT2D eigenvalue weighted by Crippen LogP contribution is -2.35. The van der Waals surface area contributed by atoms with Gasteiger partial charge in [0, 0.05) is 5.75 Å². The van der Waals surface area contributed by atoms with Crippen molar-refractivity contribution in [1.29, 1.82) is 0 Å². The quantitative estimate of drug-likeness (QED) is 0.403. The second kappa shape index (κ2) is 5.53. The fourth-order valence-corrected chi connectivity index (χ4v) is 1.09.